The highest BCUT2D eigenvalue weighted by Gasteiger charge is 2.55. The molecule has 5 rings (SSSR count). The van der Waals surface area contributed by atoms with Crippen molar-refractivity contribution in [3.05, 3.63) is 35.4 Å². The Morgan fingerprint density at radius 2 is 1.91 bits per heavy atom. The maximum absolute atomic E-state index is 14.1. The Kier molecular flexibility index (Phi) is 6.34. The number of amides is 1. The fraction of sp³-hybridized carbons (Fsp3) is 0.741. The molecule has 0 radical (unpaired) electrons. The van der Waals surface area contributed by atoms with E-state index in [0.29, 0.717) is 17.9 Å². The molecule has 176 valence electrons. The van der Waals surface area contributed by atoms with Crippen LogP contribution < -0.4 is 5.32 Å². The molecule has 1 aromatic carbocycles. The van der Waals surface area contributed by atoms with Crippen LogP contribution in [0.1, 0.15) is 56.6 Å². The van der Waals surface area contributed by atoms with Crippen molar-refractivity contribution >= 4 is 5.91 Å². The molecule has 0 unspecified atom stereocenters. The van der Waals surface area contributed by atoms with Crippen molar-refractivity contribution in [1.29, 1.82) is 0 Å². The summed E-state index contributed by atoms with van der Waals surface area (Å²) < 4.78 is 5.59. The molecule has 5 nitrogen and oxygen atoms in total. The first-order valence-corrected chi connectivity index (χ1v) is 12.9. The van der Waals surface area contributed by atoms with Crippen LogP contribution in [-0.4, -0.2) is 73.2 Å². The summed E-state index contributed by atoms with van der Waals surface area (Å²) in [6.07, 6.45) is 7.71. The largest absolute Gasteiger partial charge is 0.379 e. The third kappa shape index (κ3) is 4.36. The number of aryl methyl sites for hydroxylation is 1. The van der Waals surface area contributed by atoms with Crippen molar-refractivity contribution in [2.24, 2.45) is 11.3 Å². The monoisotopic (exact) mass is 439 g/mol. The van der Waals surface area contributed by atoms with E-state index in [0.717, 1.165) is 84.5 Å². The lowest BCUT2D eigenvalue weighted by Gasteiger charge is -2.53. The van der Waals surface area contributed by atoms with Crippen LogP contribution in [0.2, 0.25) is 0 Å². The average molecular weight is 440 g/mol. The Balaban J connectivity index is 1.32. The molecule has 0 spiro atoms. The number of nitrogens with zero attached hydrogens (tertiary/aromatic N) is 2. The number of rotatable bonds is 6. The summed E-state index contributed by atoms with van der Waals surface area (Å²) in [4.78, 5) is 19.2. The van der Waals surface area contributed by atoms with Gasteiger partial charge in [0.05, 0.1) is 18.6 Å². The van der Waals surface area contributed by atoms with E-state index >= 15 is 0 Å². The predicted octanol–water partition coefficient (Wildman–Crippen LogP) is 3.40. The summed E-state index contributed by atoms with van der Waals surface area (Å²) in [5.41, 5.74) is 2.50. The van der Waals surface area contributed by atoms with Crippen molar-refractivity contribution in [3.8, 4) is 0 Å². The average Bonchev–Trinajstić information content (AvgIpc) is 3.59. The quantitative estimate of drug-likeness (QED) is 0.738. The highest BCUT2D eigenvalue weighted by molar-refractivity contribution is 5.84. The molecule has 1 N–H and O–H groups in total. The molecule has 4 fully saturated rings. The van der Waals surface area contributed by atoms with Crippen LogP contribution in [-0.2, 0) is 16.0 Å². The van der Waals surface area contributed by atoms with Gasteiger partial charge in [0.1, 0.15) is 0 Å². The molecule has 3 atom stereocenters. The molecule has 2 aliphatic heterocycles. The van der Waals surface area contributed by atoms with Crippen LogP contribution in [0.4, 0.5) is 0 Å². The predicted molar refractivity (Wildman–Crippen MR) is 128 cm³/mol. The number of fused-ring (bicyclic) bond motifs is 1. The van der Waals surface area contributed by atoms with Gasteiger partial charge in [0.25, 0.3) is 0 Å². The number of carbonyl (C=O) groups excluding carboxylic acids is 1. The highest BCUT2D eigenvalue weighted by Crippen LogP contribution is 2.49. The van der Waals surface area contributed by atoms with Gasteiger partial charge in [-0.15, -0.1) is 0 Å². The fourth-order valence-electron chi connectivity index (χ4n) is 6.67. The number of carbonyl (C=O) groups is 1. The maximum Gasteiger partial charge on any atom is 0.228 e. The number of hydrogen-bond donors (Lipinski definition) is 1. The molecular formula is C27H41N3O2. The first-order chi connectivity index (χ1) is 15.5. The smallest absolute Gasteiger partial charge is 0.228 e. The molecule has 1 aromatic rings. The summed E-state index contributed by atoms with van der Waals surface area (Å²) in [5, 5.41) is 3.64. The van der Waals surface area contributed by atoms with Crippen molar-refractivity contribution in [2.75, 3.05) is 45.9 Å². The van der Waals surface area contributed by atoms with Crippen LogP contribution in [0, 0.1) is 18.3 Å². The second-order valence-corrected chi connectivity index (χ2v) is 10.9. The lowest BCUT2D eigenvalue weighted by molar-refractivity contribution is -0.146. The van der Waals surface area contributed by atoms with Crippen LogP contribution in [0.3, 0.4) is 0 Å². The van der Waals surface area contributed by atoms with E-state index in [1.54, 1.807) is 0 Å². The van der Waals surface area contributed by atoms with Gasteiger partial charge in [0.2, 0.25) is 5.91 Å². The summed E-state index contributed by atoms with van der Waals surface area (Å²) >= 11 is 0. The van der Waals surface area contributed by atoms with Gasteiger partial charge in [-0.2, -0.15) is 0 Å². The van der Waals surface area contributed by atoms with Gasteiger partial charge in [-0.3, -0.25) is 9.69 Å². The normalized spacial score (nSPS) is 32.8. The summed E-state index contributed by atoms with van der Waals surface area (Å²) in [7, 11) is 0. The summed E-state index contributed by atoms with van der Waals surface area (Å²) in [5.74, 6) is 0.855. The minimum Gasteiger partial charge on any atom is -0.379 e. The van der Waals surface area contributed by atoms with Gasteiger partial charge < -0.3 is 15.0 Å². The Hall–Kier alpha value is -1.43. The van der Waals surface area contributed by atoms with Crippen LogP contribution in [0.5, 0.6) is 0 Å². The van der Waals surface area contributed by atoms with E-state index in [9.17, 15) is 4.79 Å². The molecule has 2 saturated heterocycles. The van der Waals surface area contributed by atoms with E-state index in [1.807, 2.05) is 0 Å². The Morgan fingerprint density at radius 3 is 2.62 bits per heavy atom. The number of benzene rings is 1. The van der Waals surface area contributed by atoms with Crippen LogP contribution in [0.25, 0.3) is 0 Å². The van der Waals surface area contributed by atoms with Crippen LogP contribution in [0.15, 0.2) is 24.3 Å². The molecule has 32 heavy (non-hydrogen) atoms. The van der Waals surface area contributed by atoms with Gasteiger partial charge in [-0.1, -0.05) is 31.2 Å². The fourth-order valence-corrected chi connectivity index (χ4v) is 6.67. The molecule has 0 aromatic heterocycles. The second kappa shape index (κ2) is 9.08. The standard InChI is InChI=1S/C27H41N3O2/c1-3-29-13-9-23-18-24(30-14-16-32-17-15-30)8-10-27(23,20-29)25(31)28-26(11-12-26)19-22-7-5-4-6-21(22)2/h4-7,23-24H,3,8-20H2,1-2H3,(H,28,31)/t23-,24+,27-/m1/s1. The molecule has 2 heterocycles. The zero-order valence-electron chi connectivity index (χ0n) is 20.1. The lowest BCUT2D eigenvalue weighted by Crippen LogP contribution is -2.62. The molecule has 2 saturated carbocycles. The topological polar surface area (TPSA) is 44.8 Å². The lowest BCUT2D eigenvalue weighted by atomic mass is 9.60. The van der Waals surface area contributed by atoms with E-state index in [2.05, 4.69) is 53.2 Å². The van der Waals surface area contributed by atoms with E-state index < -0.39 is 0 Å². The van der Waals surface area contributed by atoms with Crippen molar-refractivity contribution in [2.45, 2.75) is 70.4 Å². The first kappa shape index (κ1) is 22.4. The number of hydrogen-bond acceptors (Lipinski definition) is 4. The van der Waals surface area contributed by atoms with Gasteiger partial charge in [-0.25, -0.2) is 0 Å². The van der Waals surface area contributed by atoms with Crippen LogP contribution >= 0.6 is 0 Å². The summed E-state index contributed by atoms with van der Waals surface area (Å²) in [6, 6.07) is 9.28. The minimum absolute atomic E-state index is 0.0158. The zero-order chi connectivity index (χ0) is 22.2. The Morgan fingerprint density at radius 1 is 1.12 bits per heavy atom. The number of morpholine rings is 1. The van der Waals surface area contributed by atoms with Gasteiger partial charge in [0.15, 0.2) is 0 Å². The minimum atomic E-state index is -0.210. The molecule has 5 heteroatoms. The number of ether oxygens (including phenoxy) is 1. The molecular weight excluding hydrogens is 398 g/mol. The number of nitrogens with one attached hydrogen (secondary N) is 1. The van der Waals surface area contributed by atoms with Gasteiger partial charge in [0, 0.05) is 31.2 Å². The Bertz CT molecular complexity index is 817. The van der Waals surface area contributed by atoms with E-state index in [4.69, 9.17) is 4.74 Å². The maximum atomic E-state index is 14.1. The SMILES string of the molecule is CCN1CC[C@@H]2C[C@@H](N3CCOCC3)CC[C@@]2(C(=O)NC2(Cc3ccccc3C)CC2)C1. The highest BCUT2D eigenvalue weighted by atomic mass is 16.5. The number of piperidine rings is 1. The summed E-state index contributed by atoms with van der Waals surface area (Å²) in [6.45, 7) is 11.4. The van der Waals surface area contributed by atoms with Crippen molar-refractivity contribution < 1.29 is 9.53 Å². The Labute approximate surface area is 193 Å². The molecule has 0 bridgehead atoms. The van der Waals surface area contributed by atoms with Crippen molar-refractivity contribution in [3.63, 3.8) is 0 Å². The second-order valence-electron chi connectivity index (χ2n) is 10.9. The van der Waals surface area contributed by atoms with E-state index in [-0.39, 0.29) is 11.0 Å². The van der Waals surface area contributed by atoms with E-state index in [1.165, 1.54) is 17.5 Å². The number of likely N-dealkylation sites (tertiary alicyclic amines) is 1. The third-order valence-electron chi connectivity index (χ3n) is 9.05. The zero-order valence-corrected chi connectivity index (χ0v) is 20.1. The molecule has 4 aliphatic rings. The molecule has 2 aliphatic carbocycles. The molecule has 1 amide bonds. The third-order valence-corrected chi connectivity index (χ3v) is 9.05. The van der Waals surface area contributed by atoms with Gasteiger partial charge >= 0.3 is 0 Å². The van der Waals surface area contributed by atoms with Gasteiger partial charge in [-0.05, 0) is 82.0 Å². The first-order valence-electron chi connectivity index (χ1n) is 12.9. The van der Waals surface area contributed by atoms with Crippen molar-refractivity contribution in [1.82, 2.24) is 15.1 Å².